The number of H-pyrrole nitrogens is 1. The minimum atomic E-state index is -0.515. The lowest BCUT2D eigenvalue weighted by molar-refractivity contribution is 0.379. The Kier molecular flexibility index (Phi) is 4.31. The summed E-state index contributed by atoms with van der Waals surface area (Å²) in [5.74, 6) is -0.167. The largest absolute Gasteiger partial charge is 0.420 e. The predicted molar refractivity (Wildman–Crippen MR) is 105 cm³/mol. The summed E-state index contributed by atoms with van der Waals surface area (Å²) in [4.78, 5) is 0. The Morgan fingerprint density at radius 2 is 1.93 bits per heavy atom. The normalized spacial score (nSPS) is 15.9. The van der Waals surface area contributed by atoms with Gasteiger partial charge in [0.1, 0.15) is 11.6 Å². The van der Waals surface area contributed by atoms with E-state index >= 15 is 0 Å². The molecule has 0 bridgehead atoms. The van der Waals surface area contributed by atoms with Crippen molar-refractivity contribution in [2.24, 2.45) is 5.73 Å². The Hall–Kier alpha value is -2.94. The summed E-state index contributed by atoms with van der Waals surface area (Å²) in [5.41, 5.74) is 10.5. The van der Waals surface area contributed by atoms with Crippen LogP contribution in [0.5, 0.6) is 5.88 Å². The molecule has 2 heterocycles. The lowest BCUT2D eigenvalue weighted by Gasteiger charge is -2.25. The van der Waals surface area contributed by atoms with Crippen LogP contribution in [-0.4, -0.2) is 10.2 Å². The molecule has 0 amide bonds. The molecule has 7 heteroatoms. The number of aryl methyl sites for hydroxylation is 1. The third kappa shape index (κ3) is 2.93. The molecule has 1 aromatic heterocycles. The monoisotopic (exact) mass is 396 g/mol. The fourth-order valence-corrected chi connectivity index (χ4v) is 3.75. The number of aromatic nitrogens is 2. The molecule has 27 heavy (non-hydrogen) atoms. The van der Waals surface area contributed by atoms with Crippen molar-refractivity contribution in [2.75, 3.05) is 0 Å². The summed E-state index contributed by atoms with van der Waals surface area (Å²) in [6.45, 7) is 2.02. The van der Waals surface area contributed by atoms with Gasteiger partial charge >= 0.3 is 0 Å². The van der Waals surface area contributed by atoms with Crippen LogP contribution in [0.25, 0.3) is 11.3 Å². The van der Waals surface area contributed by atoms with Gasteiger partial charge in [-0.05, 0) is 24.6 Å². The van der Waals surface area contributed by atoms with Crippen LogP contribution in [0, 0.1) is 18.3 Å². The highest BCUT2D eigenvalue weighted by Crippen LogP contribution is 2.47. The first kappa shape index (κ1) is 17.5. The molecule has 0 radical (unpaired) electrons. The minimum Gasteiger partial charge on any atom is -0.420 e. The fraction of sp³-hybridized carbons (Fsp3) is 0.100. The number of nitriles is 1. The molecule has 4 rings (SSSR count). The molecule has 5 nitrogen and oxygen atoms in total. The maximum absolute atomic E-state index is 9.73. The number of nitrogens with two attached hydrogens (primary N) is 1. The third-order valence-corrected chi connectivity index (χ3v) is 5.12. The average molecular weight is 397 g/mol. The van der Waals surface area contributed by atoms with Gasteiger partial charge in [0, 0.05) is 15.6 Å². The second-order valence-electron chi connectivity index (χ2n) is 6.27. The van der Waals surface area contributed by atoms with Crippen molar-refractivity contribution in [2.45, 2.75) is 12.8 Å². The highest BCUT2D eigenvalue weighted by molar-refractivity contribution is 6.35. The summed E-state index contributed by atoms with van der Waals surface area (Å²) in [6, 6.07) is 15.3. The number of hydrogen-bond donors (Lipinski definition) is 2. The van der Waals surface area contributed by atoms with E-state index in [1.54, 1.807) is 18.2 Å². The zero-order chi connectivity index (χ0) is 19.1. The summed E-state index contributed by atoms with van der Waals surface area (Å²) in [5, 5.41) is 18.0. The summed E-state index contributed by atoms with van der Waals surface area (Å²) >= 11 is 12.5. The van der Waals surface area contributed by atoms with Gasteiger partial charge in [0.2, 0.25) is 11.8 Å². The minimum absolute atomic E-state index is 0.0166. The van der Waals surface area contributed by atoms with Gasteiger partial charge in [0.15, 0.2) is 0 Å². The van der Waals surface area contributed by atoms with Crippen molar-refractivity contribution in [3.05, 3.63) is 80.7 Å². The molecule has 3 aromatic rings. The first-order chi connectivity index (χ1) is 13.0. The molecule has 134 valence electrons. The van der Waals surface area contributed by atoms with Gasteiger partial charge in [0.05, 0.1) is 17.2 Å². The summed E-state index contributed by atoms with van der Waals surface area (Å²) < 4.78 is 5.60. The van der Waals surface area contributed by atoms with Gasteiger partial charge in [0.25, 0.3) is 0 Å². The second kappa shape index (κ2) is 6.66. The zero-order valence-corrected chi connectivity index (χ0v) is 15.8. The number of rotatable bonds is 2. The molecule has 1 aliphatic rings. The Morgan fingerprint density at radius 3 is 2.59 bits per heavy atom. The highest BCUT2D eigenvalue weighted by atomic mass is 35.5. The van der Waals surface area contributed by atoms with Gasteiger partial charge in [-0.25, -0.2) is 0 Å². The number of hydrogen-bond acceptors (Lipinski definition) is 4. The lowest BCUT2D eigenvalue weighted by atomic mass is 9.83. The Labute approximate surface area is 166 Å². The lowest BCUT2D eigenvalue weighted by Crippen LogP contribution is -2.21. The SMILES string of the molecule is Cc1ccc(-c2[nH]nc3c2[C@H](c2ccc(Cl)cc2Cl)C(C#N)=C(N)O3)cc1. The number of fused-ring (bicyclic) bond motifs is 1. The van der Waals surface area contributed by atoms with Crippen molar-refractivity contribution in [3.63, 3.8) is 0 Å². The van der Waals surface area contributed by atoms with E-state index in [4.69, 9.17) is 33.7 Å². The van der Waals surface area contributed by atoms with Gasteiger partial charge in [-0.2, -0.15) is 5.26 Å². The van der Waals surface area contributed by atoms with Crippen LogP contribution in [0.1, 0.15) is 22.6 Å². The van der Waals surface area contributed by atoms with Gasteiger partial charge in [-0.3, -0.25) is 5.10 Å². The average Bonchev–Trinajstić information content (AvgIpc) is 3.05. The molecule has 1 atom stereocenters. The molecular weight excluding hydrogens is 383 g/mol. The van der Waals surface area contributed by atoms with Crippen LogP contribution in [-0.2, 0) is 0 Å². The highest BCUT2D eigenvalue weighted by Gasteiger charge is 2.36. The maximum atomic E-state index is 9.73. The van der Waals surface area contributed by atoms with Crippen LogP contribution < -0.4 is 10.5 Å². The number of ether oxygens (including phenoxy) is 1. The third-order valence-electron chi connectivity index (χ3n) is 4.55. The van der Waals surface area contributed by atoms with E-state index in [-0.39, 0.29) is 11.5 Å². The van der Waals surface area contributed by atoms with E-state index in [9.17, 15) is 5.26 Å². The van der Waals surface area contributed by atoms with Crippen molar-refractivity contribution < 1.29 is 4.74 Å². The van der Waals surface area contributed by atoms with E-state index in [1.807, 2.05) is 31.2 Å². The van der Waals surface area contributed by atoms with E-state index in [0.717, 1.165) is 16.8 Å². The van der Waals surface area contributed by atoms with Crippen molar-refractivity contribution in [1.82, 2.24) is 10.2 Å². The van der Waals surface area contributed by atoms with Crippen LogP contribution >= 0.6 is 23.2 Å². The van der Waals surface area contributed by atoms with Crippen LogP contribution in [0.2, 0.25) is 10.0 Å². The fourth-order valence-electron chi connectivity index (χ4n) is 3.23. The first-order valence-electron chi connectivity index (χ1n) is 8.17. The van der Waals surface area contributed by atoms with Gasteiger partial charge < -0.3 is 10.5 Å². The quantitative estimate of drug-likeness (QED) is 0.643. The number of halogens is 2. The van der Waals surface area contributed by atoms with E-state index in [2.05, 4.69) is 16.3 Å². The topological polar surface area (TPSA) is 87.7 Å². The van der Waals surface area contributed by atoms with E-state index in [1.165, 1.54) is 0 Å². The molecule has 0 unspecified atom stereocenters. The van der Waals surface area contributed by atoms with Crippen LogP contribution in [0.3, 0.4) is 0 Å². The summed E-state index contributed by atoms with van der Waals surface area (Å²) in [6.07, 6.45) is 0. The molecule has 0 aliphatic carbocycles. The Balaban J connectivity index is 1.97. The standard InChI is InChI=1S/C20H14Cl2N4O/c1-10-2-4-11(5-3-10)18-17-16(13-7-6-12(21)8-15(13)22)14(9-23)19(24)27-20(17)26-25-18/h2-8,16H,24H2,1H3,(H,25,26)/t16-/m1/s1. The number of allylic oxidation sites excluding steroid dienone is 1. The molecule has 2 aromatic carbocycles. The van der Waals surface area contributed by atoms with Crippen molar-refractivity contribution in [3.8, 4) is 23.2 Å². The number of nitrogens with one attached hydrogen (secondary N) is 1. The zero-order valence-electron chi connectivity index (χ0n) is 14.3. The van der Waals surface area contributed by atoms with Gasteiger partial charge in [-0.1, -0.05) is 59.1 Å². The predicted octanol–water partition coefficient (Wildman–Crippen LogP) is 4.91. The molecule has 3 N–H and O–H groups in total. The molecule has 0 saturated carbocycles. The van der Waals surface area contributed by atoms with Gasteiger partial charge in [-0.15, -0.1) is 5.10 Å². The molecular formula is C20H14Cl2N4O. The van der Waals surface area contributed by atoms with E-state index < -0.39 is 5.92 Å². The molecule has 0 fully saturated rings. The number of aromatic amines is 1. The van der Waals surface area contributed by atoms with Crippen LogP contribution in [0.15, 0.2) is 53.9 Å². The first-order valence-corrected chi connectivity index (χ1v) is 8.93. The molecule has 1 aliphatic heterocycles. The number of nitrogens with zero attached hydrogens (tertiary/aromatic N) is 2. The maximum Gasteiger partial charge on any atom is 0.244 e. The van der Waals surface area contributed by atoms with E-state index in [0.29, 0.717) is 27.1 Å². The van der Waals surface area contributed by atoms with Crippen molar-refractivity contribution >= 4 is 23.2 Å². The Bertz CT molecular complexity index is 1110. The van der Waals surface area contributed by atoms with Crippen molar-refractivity contribution in [1.29, 1.82) is 5.26 Å². The summed E-state index contributed by atoms with van der Waals surface area (Å²) in [7, 11) is 0. The van der Waals surface area contributed by atoms with Crippen LogP contribution in [0.4, 0.5) is 0 Å². The smallest absolute Gasteiger partial charge is 0.244 e. The molecule has 0 saturated heterocycles. The number of benzene rings is 2. The molecule has 0 spiro atoms. The second-order valence-corrected chi connectivity index (χ2v) is 7.12. The Morgan fingerprint density at radius 1 is 1.19 bits per heavy atom.